The van der Waals surface area contributed by atoms with Gasteiger partial charge in [-0.25, -0.2) is 4.98 Å². The van der Waals surface area contributed by atoms with Crippen molar-refractivity contribution in [1.29, 1.82) is 0 Å². The molecule has 23 heavy (non-hydrogen) atoms. The van der Waals surface area contributed by atoms with E-state index in [-0.39, 0.29) is 0 Å². The second kappa shape index (κ2) is 7.77. The number of nitrogens with zero attached hydrogens (tertiary/aromatic N) is 2. The third kappa shape index (κ3) is 4.67. The molecule has 1 saturated carbocycles. The molecule has 4 nitrogen and oxygen atoms in total. The van der Waals surface area contributed by atoms with E-state index in [1.54, 1.807) is 6.20 Å². The first-order chi connectivity index (χ1) is 11.2. The maximum atomic E-state index is 4.60. The van der Waals surface area contributed by atoms with Crippen LogP contribution in [0.2, 0.25) is 0 Å². The number of nitrogens with one attached hydrogen (secondary N) is 2. The topological polar surface area (TPSA) is 49.8 Å². The van der Waals surface area contributed by atoms with Gasteiger partial charge in [0.2, 0.25) is 5.95 Å². The highest BCUT2D eigenvalue weighted by Crippen LogP contribution is 2.23. The summed E-state index contributed by atoms with van der Waals surface area (Å²) in [5, 5.41) is 6.85. The zero-order chi connectivity index (χ0) is 16.1. The summed E-state index contributed by atoms with van der Waals surface area (Å²) in [5.41, 5.74) is 2.23. The minimum absolute atomic E-state index is 0.502. The second-order valence-electron chi connectivity index (χ2n) is 6.19. The SMILES string of the molecule is Cc1cc(Nc2ccnc(NC3CCCCCC3)n2)ccc1Br. The van der Waals surface area contributed by atoms with E-state index in [4.69, 9.17) is 0 Å². The van der Waals surface area contributed by atoms with E-state index in [9.17, 15) is 0 Å². The molecular formula is C18H23BrN4. The summed E-state index contributed by atoms with van der Waals surface area (Å²) in [7, 11) is 0. The van der Waals surface area contributed by atoms with Crippen LogP contribution in [0.4, 0.5) is 17.5 Å². The average Bonchev–Trinajstić information content (AvgIpc) is 2.80. The first kappa shape index (κ1) is 16.2. The Morgan fingerprint density at radius 1 is 1.09 bits per heavy atom. The minimum Gasteiger partial charge on any atom is -0.351 e. The molecular weight excluding hydrogens is 352 g/mol. The fourth-order valence-electron chi connectivity index (χ4n) is 2.97. The van der Waals surface area contributed by atoms with Gasteiger partial charge in [-0.3, -0.25) is 0 Å². The van der Waals surface area contributed by atoms with Crippen LogP contribution in [0.5, 0.6) is 0 Å². The third-order valence-corrected chi connectivity index (χ3v) is 5.16. The monoisotopic (exact) mass is 374 g/mol. The number of aryl methyl sites for hydroxylation is 1. The van der Waals surface area contributed by atoms with Gasteiger partial charge in [0.25, 0.3) is 0 Å². The standard InChI is InChI=1S/C18H23BrN4/c1-13-12-15(8-9-16(13)19)21-17-10-11-20-18(23-17)22-14-6-4-2-3-5-7-14/h8-12,14H,2-7H2,1H3,(H2,20,21,22,23). The lowest BCUT2D eigenvalue weighted by Gasteiger charge is -2.16. The molecule has 0 atom stereocenters. The molecule has 1 aliphatic rings. The van der Waals surface area contributed by atoms with Gasteiger partial charge in [-0.15, -0.1) is 0 Å². The fraction of sp³-hybridized carbons (Fsp3) is 0.444. The molecule has 1 fully saturated rings. The van der Waals surface area contributed by atoms with Crippen LogP contribution in [0, 0.1) is 6.92 Å². The molecule has 0 bridgehead atoms. The molecule has 1 heterocycles. The third-order valence-electron chi connectivity index (χ3n) is 4.27. The summed E-state index contributed by atoms with van der Waals surface area (Å²) in [6, 6.07) is 8.59. The van der Waals surface area contributed by atoms with Crippen LogP contribution in [0.3, 0.4) is 0 Å². The van der Waals surface area contributed by atoms with Gasteiger partial charge < -0.3 is 10.6 Å². The van der Waals surface area contributed by atoms with Gasteiger partial charge in [0.1, 0.15) is 5.82 Å². The molecule has 1 aliphatic carbocycles. The molecule has 1 aromatic heterocycles. The van der Waals surface area contributed by atoms with Crippen LogP contribution in [0.1, 0.15) is 44.1 Å². The van der Waals surface area contributed by atoms with Gasteiger partial charge >= 0.3 is 0 Å². The van der Waals surface area contributed by atoms with Crippen LogP contribution in [0.25, 0.3) is 0 Å². The predicted octanol–water partition coefficient (Wildman–Crippen LogP) is 5.43. The number of rotatable bonds is 4. The molecule has 0 saturated heterocycles. The van der Waals surface area contributed by atoms with Crippen molar-refractivity contribution in [3.05, 3.63) is 40.5 Å². The van der Waals surface area contributed by atoms with Crippen LogP contribution < -0.4 is 10.6 Å². The number of aromatic nitrogens is 2. The molecule has 0 aliphatic heterocycles. The van der Waals surface area contributed by atoms with E-state index >= 15 is 0 Å². The zero-order valence-electron chi connectivity index (χ0n) is 13.5. The van der Waals surface area contributed by atoms with Gasteiger partial charge in [-0.1, -0.05) is 41.6 Å². The first-order valence-electron chi connectivity index (χ1n) is 8.33. The number of benzene rings is 1. The quantitative estimate of drug-likeness (QED) is 0.700. The Kier molecular flexibility index (Phi) is 5.49. The highest BCUT2D eigenvalue weighted by Gasteiger charge is 2.13. The number of halogens is 1. The van der Waals surface area contributed by atoms with E-state index in [1.807, 2.05) is 18.2 Å². The molecule has 2 N–H and O–H groups in total. The Hall–Kier alpha value is -1.62. The second-order valence-corrected chi connectivity index (χ2v) is 7.04. The predicted molar refractivity (Wildman–Crippen MR) is 99.3 cm³/mol. The van der Waals surface area contributed by atoms with Crippen LogP contribution >= 0.6 is 15.9 Å². The molecule has 5 heteroatoms. The Balaban J connectivity index is 1.67. The lowest BCUT2D eigenvalue weighted by atomic mass is 10.1. The molecule has 0 amide bonds. The molecule has 0 radical (unpaired) electrons. The highest BCUT2D eigenvalue weighted by molar-refractivity contribution is 9.10. The Bertz CT molecular complexity index is 651. The maximum Gasteiger partial charge on any atom is 0.224 e. The van der Waals surface area contributed by atoms with Crippen molar-refractivity contribution in [2.24, 2.45) is 0 Å². The van der Waals surface area contributed by atoms with Crippen LogP contribution in [0.15, 0.2) is 34.9 Å². The van der Waals surface area contributed by atoms with Crippen LogP contribution in [-0.4, -0.2) is 16.0 Å². The minimum atomic E-state index is 0.502. The molecule has 0 unspecified atom stereocenters. The van der Waals surface area contributed by atoms with Crippen molar-refractivity contribution in [3.63, 3.8) is 0 Å². The smallest absolute Gasteiger partial charge is 0.224 e. The molecule has 3 rings (SSSR count). The summed E-state index contributed by atoms with van der Waals surface area (Å²) in [5.74, 6) is 1.54. The zero-order valence-corrected chi connectivity index (χ0v) is 15.1. The number of anilines is 3. The molecule has 122 valence electrons. The summed E-state index contributed by atoms with van der Waals surface area (Å²) in [6.45, 7) is 2.08. The molecule has 2 aromatic rings. The Labute approximate surface area is 146 Å². The summed E-state index contributed by atoms with van der Waals surface area (Å²) in [4.78, 5) is 8.97. The van der Waals surface area contributed by atoms with Gasteiger partial charge in [-0.05, 0) is 49.6 Å². The van der Waals surface area contributed by atoms with E-state index < -0.39 is 0 Å². The van der Waals surface area contributed by atoms with Crippen molar-refractivity contribution < 1.29 is 0 Å². The van der Waals surface area contributed by atoms with Crippen LogP contribution in [-0.2, 0) is 0 Å². The average molecular weight is 375 g/mol. The first-order valence-corrected chi connectivity index (χ1v) is 9.13. The van der Waals surface area contributed by atoms with Gasteiger partial charge in [-0.2, -0.15) is 4.98 Å². The van der Waals surface area contributed by atoms with E-state index in [0.717, 1.165) is 21.9 Å². The van der Waals surface area contributed by atoms with E-state index in [1.165, 1.54) is 44.1 Å². The van der Waals surface area contributed by atoms with Crippen molar-refractivity contribution >= 4 is 33.4 Å². The summed E-state index contributed by atoms with van der Waals surface area (Å²) < 4.78 is 1.11. The maximum absolute atomic E-state index is 4.60. The van der Waals surface area contributed by atoms with Gasteiger partial charge in [0, 0.05) is 22.4 Å². The van der Waals surface area contributed by atoms with Gasteiger partial charge in [0.05, 0.1) is 0 Å². The summed E-state index contributed by atoms with van der Waals surface area (Å²) in [6.07, 6.45) is 9.54. The normalized spacial score (nSPS) is 15.9. The van der Waals surface area contributed by atoms with Crippen molar-refractivity contribution in [2.45, 2.75) is 51.5 Å². The van der Waals surface area contributed by atoms with E-state index in [0.29, 0.717) is 6.04 Å². The van der Waals surface area contributed by atoms with Crippen molar-refractivity contribution in [3.8, 4) is 0 Å². The van der Waals surface area contributed by atoms with E-state index in [2.05, 4.69) is 49.5 Å². The van der Waals surface area contributed by atoms with Crippen molar-refractivity contribution in [1.82, 2.24) is 9.97 Å². The number of hydrogen-bond donors (Lipinski definition) is 2. The van der Waals surface area contributed by atoms with Gasteiger partial charge in [0.15, 0.2) is 0 Å². The molecule has 0 spiro atoms. The molecule has 1 aromatic carbocycles. The highest BCUT2D eigenvalue weighted by atomic mass is 79.9. The number of hydrogen-bond acceptors (Lipinski definition) is 4. The lowest BCUT2D eigenvalue weighted by molar-refractivity contribution is 0.615. The van der Waals surface area contributed by atoms with Crippen molar-refractivity contribution in [2.75, 3.05) is 10.6 Å². The Morgan fingerprint density at radius 2 is 1.87 bits per heavy atom. The largest absolute Gasteiger partial charge is 0.351 e. The Morgan fingerprint density at radius 3 is 2.61 bits per heavy atom. The fourth-order valence-corrected chi connectivity index (χ4v) is 3.22. The summed E-state index contributed by atoms with van der Waals surface area (Å²) >= 11 is 3.52. The lowest BCUT2D eigenvalue weighted by Crippen LogP contribution is -2.20.